The molecule has 8 aromatic rings. The van der Waals surface area contributed by atoms with E-state index in [1.54, 1.807) is 0 Å². The Morgan fingerprint density at radius 3 is 1.45 bits per heavy atom. The summed E-state index contributed by atoms with van der Waals surface area (Å²) in [6.07, 6.45) is 0. The number of fused-ring (bicyclic) bond motifs is 9. The molecule has 0 N–H and O–H groups in total. The SMILES string of the molecule is C=C1c2ccccc2-c2ccc(-c3ccc(N(c4ccc(-c5ccc6c(c5)C(C)(C)c5ccccc5-6)cc4)c4ccc5c(c4)C(C)(C)c4cc(C)ccc4-5)cc3)cc21. The second kappa shape index (κ2) is 12.4. The van der Waals surface area contributed by atoms with Gasteiger partial charge in [0.1, 0.15) is 0 Å². The van der Waals surface area contributed by atoms with Gasteiger partial charge < -0.3 is 4.90 Å². The van der Waals surface area contributed by atoms with Crippen LogP contribution in [0.15, 0.2) is 176 Å². The highest BCUT2D eigenvalue weighted by Gasteiger charge is 2.37. The molecule has 58 heavy (non-hydrogen) atoms. The van der Waals surface area contributed by atoms with Gasteiger partial charge in [0.05, 0.1) is 0 Å². The summed E-state index contributed by atoms with van der Waals surface area (Å²) in [4.78, 5) is 2.42. The standard InChI is InChI=1S/C57H45N/c1-35-15-27-48-50-30-26-43(34-55(50)57(5,6)53(48)31-35)58(41-22-16-37(17-23-41)39-20-28-46-45-12-8-7-11-44(45)36(2)51(46)32-39)42-24-18-38(19-25-42)40-21-29-49-47-13-9-10-14-52(47)56(3,4)54(49)33-40/h7-34H,2H2,1,3-6H3. The van der Waals surface area contributed by atoms with E-state index in [0.717, 1.165) is 22.6 Å². The topological polar surface area (TPSA) is 3.24 Å². The predicted molar refractivity (Wildman–Crippen MR) is 245 cm³/mol. The van der Waals surface area contributed by atoms with Gasteiger partial charge in [-0.05, 0) is 150 Å². The molecule has 0 spiro atoms. The molecule has 1 nitrogen and oxygen atoms in total. The number of hydrogen-bond acceptors (Lipinski definition) is 1. The van der Waals surface area contributed by atoms with Gasteiger partial charge in [0.15, 0.2) is 0 Å². The van der Waals surface area contributed by atoms with Crippen molar-refractivity contribution in [2.75, 3.05) is 4.90 Å². The summed E-state index contributed by atoms with van der Waals surface area (Å²) < 4.78 is 0. The maximum Gasteiger partial charge on any atom is 0.0465 e. The molecule has 0 bridgehead atoms. The van der Waals surface area contributed by atoms with E-state index in [-0.39, 0.29) is 10.8 Å². The molecular weight excluding hydrogens is 699 g/mol. The van der Waals surface area contributed by atoms with Crippen LogP contribution in [0.2, 0.25) is 0 Å². The quantitative estimate of drug-likeness (QED) is 0.170. The average Bonchev–Trinajstić information content (AvgIpc) is 3.76. The fourth-order valence-electron chi connectivity index (χ4n) is 10.2. The molecule has 278 valence electrons. The molecular formula is C57H45N. The maximum atomic E-state index is 4.48. The van der Waals surface area contributed by atoms with Crippen LogP contribution in [-0.2, 0) is 10.8 Å². The monoisotopic (exact) mass is 743 g/mol. The molecule has 3 aliphatic rings. The minimum Gasteiger partial charge on any atom is -0.310 e. The van der Waals surface area contributed by atoms with Crippen LogP contribution < -0.4 is 4.90 Å². The Morgan fingerprint density at radius 2 is 0.776 bits per heavy atom. The van der Waals surface area contributed by atoms with Gasteiger partial charge in [-0.2, -0.15) is 0 Å². The molecule has 1 heteroatoms. The van der Waals surface area contributed by atoms with E-state index in [1.165, 1.54) is 94.6 Å². The molecule has 0 heterocycles. The van der Waals surface area contributed by atoms with E-state index in [1.807, 2.05) is 0 Å². The van der Waals surface area contributed by atoms with Gasteiger partial charge in [0.25, 0.3) is 0 Å². The number of benzene rings is 8. The highest BCUT2D eigenvalue weighted by atomic mass is 15.1. The van der Waals surface area contributed by atoms with Crippen molar-refractivity contribution in [3.05, 3.63) is 215 Å². The third-order valence-corrected chi connectivity index (χ3v) is 13.5. The van der Waals surface area contributed by atoms with Crippen molar-refractivity contribution in [2.45, 2.75) is 45.4 Å². The Morgan fingerprint density at radius 1 is 0.345 bits per heavy atom. The molecule has 0 saturated heterocycles. The first-order valence-electron chi connectivity index (χ1n) is 20.5. The Hall–Kier alpha value is -6.70. The van der Waals surface area contributed by atoms with Crippen molar-refractivity contribution in [3.8, 4) is 55.6 Å². The van der Waals surface area contributed by atoms with E-state index in [0.29, 0.717) is 0 Å². The van der Waals surface area contributed by atoms with Crippen molar-refractivity contribution >= 4 is 22.6 Å². The molecule has 0 aliphatic heterocycles. The highest BCUT2D eigenvalue weighted by Crippen LogP contribution is 2.52. The van der Waals surface area contributed by atoms with Crippen LogP contribution in [0, 0.1) is 6.92 Å². The molecule has 0 fully saturated rings. The number of rotatable bonds is 5. The molecule has 8 aromatic carbocycles. The molecule has 0 saturated carbocycles. The largest absolute Gasteiger partial charge is 0.310 e. The van der Waals surface area contributed by atoms with Gasteiger partial charge in [0, 0.05) is 27.9 Å². The van der Waals surface area contributed by atoms with Crippen molar-refractivity contribution in [2.24, 2.45) is 0 Å². The highest BCUT2D eigenvalue weighted by molar-refractivity contribution is 6.01. The van der Waals surface area contributed by atoms with E-state index in [2.05, 4.69) is 216 Å². The molecule has 0 amide bonds. The van der Waals surface area contributed by atoms with Gasteiger partial charge >= 0.3 is 0 Å². The van der Waals surface area contributed by atoms with Gasteiger partial charge in [-0.1, -0.05) is 161 Å². The normalized spacial score (nSPS) is 14.6. The number of aryl methyl sites for hydroxylation is 1. The Balaban J connectivity index is 0.984. The first-order chi connectivity index (χ1) is 28.1. The van der Waals surface area contributed by atoms with Gasteiger partial charge in [-0.3, -0.25) is 0 Å². The van der Waals surface area contributed by atoms with Crippen molar-refractivity contribution < 1.29 is 0 Å². The summed E-state index contributed by atoms with van der Waals surface area (Å²) >= 11 is 0. The first kappa shape index (κ1) is 34.5. The second-order valence-electron chi connectivity index (χ2n) is 17.5. The summed E-state index contributed by atoms with van der Waals surface area (Å²) in [5.41, 5.74) is 26.4. The van der Waals surface area contributed by atoms with Crippen molar-refractivity contribution in [1.82, 2.24) is 0 Å². The smallest absolute Gasteiger partial charge is 0.0465 e. The summed E-state index contributed by atoms with van der Waals surface area (Å²) in [6.45, 7) is 16.1. The number of anilines is 3. The van der Waals surface area contributed by atoms with Gasteiger partial charge in [-0.25, -0.2) is 0 Å². The lowest BCUT2D eigenvalue weighted by Crippen LogP contribution is -2.16. The third kappa shape index (κ3) is 5.02. The van der Waals surface area contributed by atoms with Crippen LogP contribution in [0.1, 0.15) is 66.6 Å². The summed E-state index contributed by atoms with van der Waals surface area (Å²) in [5.74, 6) is 0. The summed E-state index contributed by atoms with van der Waals surface area (Å²) in [7, 11) is 0. The fraction of sp³-hybridized carbons (Fsp3) is 0.123. The van der Waals surface area contributed by atoms with Gasteiger partial charge in [0.2, 0.25) is 0 Å². The lowest BCUT2D eigenvalue weighted by atomic mass is 9.81. The van der Waals surface area contributed by atoms with Crippen LogP contribution in [0.25, 0.3) is 61.2 Å². The predicted octanol–water partition coefficient (Wildman–Crippen LogP) is 15.5. The molecule has 0 atom stereocenters. The molecule has 0 unspecified atom stereocenters. The Labute approximate surface area is 342 Å². The van der Waals surface area contributed by atoms with Crippen LogP contribution in [0.3, 0.4) is 0 Å². The van der Waals surface area contributed by atoms with Gasteiger partial charge in [-0.15, -0.1) is 0 Å². The zero-order valence-corrected chi connectivity index (χ0v) is 33.8. The average molecular weight is 744 g/mol. The lowest BCUT2D eigenvalue weighted by molar-refractivity contribution is 0.660. The van der Waals surface area contributed by atoms with E-state index >= 15 is 0 Å². The first-order valence-corrected chi connectivity index (χ1v) is 20.5. The Kier molecular flexibility index (Phi) is 7.38. The van der Waals surface area contributed by atoms with Crippen LogP contribution in [0.4, 0.5) is 17.1 Å². The molecule has 0 aromatic heterocycles. The van der Waals surface area contributed by atoms with Crippen LogP contribution in [0.5, 0.6) is 0 Å². The van der Waals surface area contributed by atoms with Crippen LogP contribution >= 0.6 is 0 Å². The summed E-state index contributed by atoms with van der Waals surface area (Å²) in [5, 5.41) is 0. The van der Waals surface area contributed by atoms with E-state index in [9.17, 15) is 0 Å². The number of nitrogens with zero attached hydrogens (tertiary/aromatic N) is 1. The van der Waals surface area contributed by atoms with E-state index < -0.39 is 0 Å². The second-order valence-corrected chi connectivity index (χ2v) is 17.5. The van der Waals surface area contributed by atoms with Crippen molar-refractivity contribution in [3.63, 3.8) is 0 Å². The third-order valence-electron chi connectivity index (χ3n) is 13.5. The minimum atomic E-state index is -0.107. The molecule has 11 rings (SSSR count). The zero-order chi connectivity index (χ0) is 39.5. The van der Waals surface area contributed by atoms with Crippen molar-refractivity contribution in [1.29, 1.82) is 0 Å². The van der Waals surface area contributed by atoms with E-state index in [4.69, 9.17) is 0 Å². The lowest BCUT2D eigenvalue weighted by Gasteiger charge is -2.28. The summed E-state index contributed by atoms with van der Waals surface area (Å²) in [6, 6.07) is 63.5. The minimum absolute atomic E-state index is 0.0384. The number of hydrogen-bond donors (Lipinski definition) is 0. The molecule has 3 aliphatic carbocycles. The molecule has 0 radical (unpaired) electrons. The Bertz CT molecular complexity index is 3010. The maximum absolute atomic E-state index is 4.48. The zero-order valence-electron chi connectivity index (χ0n) is 33.8. The fourth-order valence-corrected chi connectivity index (χ4v) is 10.2. The van der Waals surface area contributed by atoms with Crippen LogP contribution in [-0.4, -0.2) is 0 Å².